The maximum atomic E-state index is 10.3. The van der Waals surface area contributed by atoms with Crippen LogP contribution in [-0.2, 0) is 0 Å². The molecule has 1 aliphatic rings. The van der Waals surface area contributed by atoms with E-state index in [9.17, 15) is 10.2 Å². The number of phenolic OH excluding ortho intramolecular Hbond substituents is 1. The van der Waals surface area contributed by atoms with E-state index in [-0.39, 0.29) is 5.75 Å². The first-order valence-corrected chi connectivity index (χ1v) is 9.12. The molecule has 0 spiro atoms. The third-order valence-corrected chi connectivity index (χ3v) is 5.28. The number of aliphatic hydroxyl groups is 1. The first-order valence-electron chi connectivity index (χ1n) is 8.74. The van der Waals surface area contributed by atoms with E-state index in [2.05, 4.69) is 22.3 Å². The van der Waals surface area contributed by atoms with Crippen LogP contribution in [0.2, 0.25) is 5.02 Å². The molecule has 1 aliphatic heterocycles. The summed E-state index contributed by atoms with van der Waals surface area (Å²) in [5.41, 5.74) is 3.01. The normalized spacial score (nSPS) is 16.8. The summed E-state index contributed by atoms with van der Waals surface area (Å²) in [6, 6.07) is 13.4. The molecule has 1 atom stereocenters. The van der Waals surface area contributed by atoms with Crippen molar-refractivity contribution < 1.29 is 10.2 Å². The number of phenols is 1. The number of aryl methyl sites for hydroxylation is 1. The second-order valence-electron chi connectivity index (χ2n) is 6.71. The van der Waals surface area contributed by atoms with E-state index in [1.807, 2.05) is 19.1 Å². The van der Waals surface area contributed by atoms with Gasteiger partial charge in [0.1, 0.15) is 5.75 Å². The monoisotopic (exact) mass is 360 g/mol. The van der Waals surface area contributed by atoms with Gasteiger partial charge in [-0.05, 0) is 55.2 Å². The van der Waals surface area contributed by atoms with Crippen LogP contribution in [0.1, 0.15) is 30.1 Å². The van der Waals surface area contributed by atoms with Crippen LogP contribution in [-0.4, -0.2) is 35.9 Å². The zero-order valence-corrected chi connectivity index (χ0v) is 15.2. The highest BCUT2D eigenvalue weighted by Gasteiger charge is 2.20. The van der Waals surface area contributed by atoms with Crippen LogP contribution in [0, 0.1) is 6.92 Å². The summed E-state index contributed by atoms with van der Waals surface area (Å²) in [6.45, 7) is 4.45. The summed E-state index contributed by atoms with van der Waals surface area (Å²) in [4.78, 5) is 2.36. The Morgan fingerprint density at radius 1 is 1.20 bits per heavy atom. The van der Waals surface area contributed by atoms with Crippen LogP contribution in [0.3, 0.4) is 0 Å². The first kappa shape index (κ1) is 18.1. The van der Waals surface area contributed by atoms with Gasteiger partial charge in [-0.15, -0.1) is 0 Å². The number of nitrogens with zero attached hydrogens (tertiary/aromatic N) is 1. The van der Waals surface area contributed by atoms with Gasteiger partial charge in [0.15, 0.2) is 0 Å². The van der Waals surface area contributed by atoms with E-state index in [1.54, 1.807) is 18.2 Å². The SMILES string of the molecule is Cc1ccc(N2CCC(NCC(O)c3cccc(O)c3)CC2)cc1Cl. The number of rotatable bonds is 5. The lowest BCUT2D eigenvalue weighted by molar-refractivity contribution is 0.167. The van der Waals surface area contributed by atoms with Crippen molar-refractivity contribution in [2.24, 2.45) is 0 Å². The summed E-state index contributed by atoms with van der Waals surface area (Å²) in [5.74, 6) is 0.182. The maximum absolute atomic E-state index is 10.3. The van der Waals surface area contributed by atoms with E-state index >= 15 is 0 Å². The lowest BCUT2D eigenvalue weighted by atomic mass is 10.0. The Kier molecular flexibility index (Phi) is 5.84. The van der Waals surface area contributed by atoms with Crippen LogP contribution < -0.4 is 10.2 Å². The molecule has 4 nitrogen and oxygen atoms in total. The van der Waals surface area contributed by atoms with Crippen molar-refractivity contribution in [3.63, 3.8) is 0 Å². The molecule has 2 aromatic carbocycles. The van der Waals surface area contributed by atoms with Gasteiger partial charge in [0.2, 0.25) is 0 Å². The van der Waals surface area contributed by atoms with E-state index < -0.39 is 6.10 Å². The molecule has 0 aliphatic carbocycles. The fraction of sp³-hybridized carbons (Fsp3) is 0.400. The predicted molar refractivity (Wildman–Crippen MR) is 102 cm³/mol. The number of hydrogen-bond acceptors (Lipinski definition) is 4. The van der Waals surface area contributed by atoms with Gasteiger partial charge in [0, 0.05) is 36.4 Å². The van der Waals surface area contributed by atoms with Gasteiger partial charge in [-0.2, -0.15) is 0 Å². The summed E-state index contributed by atoms with van der Waals surface area (Å²) < 4.78 is 0. The fourth-order valence-corrected chi connectivity index (χ4v) is 3.42. The molecule has 5 heteroatoms. The Morgan fingerprint density at radius 3 is 2.64 bits per heavy atom. The molecule has 1 heterocycles. The van der Waals surface area contributed by atoms with Crippen molar-refractivity contribution in [1.82, 2.24) is 5.32 Å². The smallest absolute Gasteiger partial charge is 0.115 e. The number of aromatic hydroxyl groups is 1. The van der Waals surface area contributed by atoms with Gasteiger partial charge >= 0.3 is 0 Å². The second-order valence-corrected chi connectivity index (χ2v) is 7.12. The van der Waals surface area contributed by atoms with Gasteiger partial charge in [-0.3, -0.25) is 0 Å². The minimum atomic E-state index is -0.610. The number of nitrogens with one attached hydrogen (secondary N) is 1. The maximum Gasteiger partial charge on any atom is 0.115 e. The third kappa shape index (κ3) is 4.66. The number of anilines is 1. The average molecular weight is 361 g/mol. The number of benzene rings is 2. The van der Waals surface area contributed by atoms with Crippen LogP contribution >= 0.6 is 11.6 Å². The van der Waals surface area contributed by atoms with Crippen molar-refractivity contribution in [3.05, 3.63) is 58.6 Å². The molecule has 1 saturated heterocycles. The summed E-state index contributed by atoms with van der Waals surface area (Å²) >= 11 is 6.23. The summed E-state index contributed by atoms with van der Waals surface area (Å²) in [7, 11) is 0. The van der Waals surface area contributed by atoms with E-state index in [4.69, 9.17) is 11.6 Å². The number of hydrogen-bond donors (Lipinski definition) is 3. The molecule has 0 saturated carbocycles. The lowest BCUT2D eigenvalue weighted by Gasteiger charge is -2.34. The van der Waals surface area contributed by atoms with E-state index in [0.29, 0.717) is 12.6 Å². The first-order chi connectivity index (χ1) is 12.0. The van der Waals surface area contributed by atoms with Crippen LogP contribution in [0.5, 0.6) is 5.75 Å². The Balaban J connectivity index is 1.48. The molecule has 1 unspecified atom stereocenters. The second kappa shape index (κ2) is 8.09. The molecule has 134 valence electrons. The Labute approximate surface area is 154 Å². The third-order valence-electron chi connectivity index (χ3n) is 4.87. The van der Waals surface area contributed by atoms with Gasteiger partial charge in [-0.1, -0.05) is 29.8 Å². The highest BCUT2D eigenvalue weighted by Crippen LogP contribution is 2.26. The molecule has 3 N–H and O–H groups in total. The zero-order valence-electron chi connectivity index (χ0n) is 14.5. The lowest BCUT2D eigenvalue weighted by Crippen LogP contribution is -2.43. The molecule has 0 radical (unpaired) electrons. The van der Waals surface area contributed by atoms with Gasteiger partial charge < -0.3 is 20.4 Å². The Bertz CT molecular complexity index is 715. The molecule has 0 amide bonds. The topological polar surface area (TPSA) is 55.7 Å². The molecule has 1 fully saturated rings. The molecule has 25 heavy (non-hydrogen) atoms. The highest BCUT2D eigenvalue weighted by atomic mass is 35.5. The average Bonchev–Trinajstić information content (AvgIpc) is 2.62. The Hall–Kier alpha value is -1.75. The molecule has 0 aromatic heterocycles. The molecular weight excluding hydrogens is 336 g/mol. The van der Waals surface area contributed by atoms with Crippen molar-refractivity contribution >= 4 is 17.3 Å². The van der Waals surface area contributed by atoms with Crippen molar-refractivity contribution in [2.45, 2.75) is 31.9 Å². The quantitative estimate of drug-likeness (QED) is 0.761. The number of halogens is 1. The largest absolute Gasteiger partial charge is 0.508 e. The molecular formula is C20H25ClN2O2. The summed E-state index contributed by atoms with van der Waals surface area (Å²) in [6.07, 6.45) is 1.44. The summed E-state index contributed by atoms with van der Waals surface area (Å²) in [5, 5.41) is 24.0. The highest BCUT2D eigenvalue weighted by molar-refractivity contribution is 6.31. The molecule has 0 bridgehead atoms. The van der Waals surface area contributed by atoms with Crippen molar-refractivity contribution in [3.8, 4) is 5.75 Å². The minimum absolute atomic E-state index is 0.182. The number of piperidine rings is 1. The minimum Gasteiger partial charge on any atom is -0.508 e. The standard InChI is InChI=1S/C20H25ClN2O2/c1-14-5-6-17(12-19(14)21)23-9-7-16(8-10-23)22-13-20(25)15-3-2-4-18(24)11-15/h2-6,11-12,16,20,22,24-25H,7-10,13H2,1H3. The van der Waals surface area contributed by atoms with Crippen molar-refractivity contribution in [1.29, 1.82) is 0 Å². The van der Waals surface area contributed by atoms with Crippen molar-refractivity contribution in [2.75, 3.05) is 24.5 Å². The van der Waals surface area contributed by atoms with E-state index in [0.717, 1.165) is 42.1 Å². The predicted octanol–water partition coefficient (Wildman–Crippen LogP) is 3.65. The molecule has 3 rings (SSSR count). The van der Waals surface area contributed by atoms with Gasteiger partial charge in [0.05, 0.1) is 6.10 Å². The Morgan fingerprint density at radius 2 is 1.96 bits per heavy atom. The van der Waals surface area contributed by atoms with Crippen LogP contribution in [0.25, 0.3) is 0 Å². The number of aliphatic hydroxyl groups excluding tert-OH is 1. The van der Waals surface area contributed by atoms with Crippen LogP contribution in [0.15, 0.2) is 42.5 Å². The fourth-order valence-electron chi connectivity index (χ4n) is 3.25. The van der Waals surface area contributed by atoms with Gasteiger partial charge in [0.25, 0.3) is 0 Å². The van der Waals surface area contributed by atoms with Gasteiger partial charge in [-0.25, -0.2) is 0 Å². The zero-order chi connectivity index (χ0) is 17.8. The molecule has 2 aromatic rings. The van der Waals surface area contributed by atoms with Crippen LogP contribution in [0.4, 0.5) is 5.69 Å². The van der Waals surface area contributed by atoms with E-state index in [1.165, 1.54) is 5.69 Å².